The predicted molar refractivity (Wildman–Crippen MR) is 234 cm³/mol. The number of esters is 1. The number of allylic oxidation sites excluding steroid dienone is 8. The lowest BCUT2D eigenvalue weighted by atomic mass is 10.1. The molecule has 0 aliphatic heterocycles. The molecule has 1 aromatic rings. The molecule has 0 amide bonds. The molecule has 0 fully saturated rings. The first-order valence-corrected chi connectivity index (χ1v) is 22.3. The van der Waals surface area contributed by atoms with Crippen molar-refractivity contribution >= 4 is 5.97 Å². The van der Waals surface area contributed by atoms with Crippen LogP contribution in [0.25, 0.3) is 0 Å². The van der Waals surface area contributed by atoms with E-state index in [1.807, 2.05) is 31.1 Å². The second-order valence-electron chi connectivity index (χ2n) is 15.3. The van der Waals surface area contributed by atoms with Gasteiger partial charge in [0.05, 0.1) is 19.6 Å². The number of hydrogen-bond acceptors (Lipinski definition) is 5. The summed E-state index contributed by atoms with van der Waals surface area (Å²) in [6, 6.07) is 4.05. The minimum Gasteiger partial charge on any atom is -0.493 e. The first-order valence-electron chi connectivity index (χ1n) is 22.3. The third-order valence-corrected chi connectivity index (χ3v) is 9.74. The SMILES string of the molecule is CCCCCC=CCC=CCCCCCCCCOc1cc(COC(=O)CCN(C)C)cc(OCCCCCCCCC=CCC=CCCCCC)c1C. The summed E-state index contributed by atoms with van der Waals surface area (Å²) in [5, 5.41) is 0. The highest BCUT2D eigenvalue weighted by Gasteiger charge is 2.12. The lowest BCUT2D eigenvalue weighted by Gasteiger charge is -2.17. The molecule has 5 heteroatoms. The van der Waals surface area contributed by atoms with Crippen LogP contribution in [0.15, 0.2) is 60.7 Å². The molecule has 0 aliphatic rings. The van der Waals surface area contributed by atoms with Gasteiger partial charge in [-0.2, -0.15) is 0 Å². The molecule has 0 atom stereocenters. The lowest BCUT2D eigenvalue weighted by Crippen LogP contribution is -2.18. The van der Waals surface area contributed by atoms with Gasteiger partial charge in [-0.15, -0.1) is 0 Å². The Morgan fingerprint density at radius 3 is 1.35 bits per heavy atom. The number of unbranched alkanes of at least 4 members (excludes halogenated alkanes) is 18. The highest BCUT2D eigenvalue weighted by atomic mass is 16.5. The average Bonchev–Trinajstić information content (AvgIpc) is 3.16. The summed E-state index contributed by atoms with van der Waals surface area (Å²) in [7, 11) is 3.93. The molecule has 0 bridgehead atoms. The van der Waals surface area contributed by atoms with Crippen molar-refractivity contribution in [3.8, 4) is 11.5 Å². The van der Waals surface area contributed by atoms with E-state index >= 15 is 0 Å². The van der Waals surface area contributed by atoms with Gasteiger partial charge in [0.15, 0.2) is 0 Å². The topological polar surface area (TPSA) is 48.0 Å². The van der Waals surface area contributed by atoms with Gasteiger partial charge in [0, 0.05) is 12.1 Å². The van der Waals surface area contributed by atoms with E-state index in [-0.39, 0.29) is 12.6 Å². The second kappa shape index (κ2) is 37.1. The Kier molecular flexibility index (Phi) is 33.9. The standard InChI is InChI=1S/C49H83NO4/c1-6-8-10-12-14-16-18-20-22-24-26-28-30-32-34-36-40-52-47-42-46(44-54-49(51)38-39-50(4)5)43-48(45(47)3)53-41-37-35-33-31-29-27-25-23-21-19-17-15-13-11-9-7-2/h14-17,20-23,42-43H,6-13,18-19,24-41,44H2,1-5H3. The van der Waals surface area contributed by atoms with Gasteiger partial charge >= 0.3 is 5.97 Å². The van der Waals surface area contributed by atoms with Gasteiger partial charge in [0.2, 0.25) is 0 Å². The maximum atomic E-state index is 12.3. The molecule has 54 heavy (non-hydrogen) atoms. The van der Waals surface area contributed by atoms with E-state index in [0.29, 0.717) is 26.2 Å². The molecule has 0 saturated carbocycles. The van der Waals surface area contributed by atoms with Crippen LogP contribution in [0, 0.1) is 6.92 Å². The van der Waals surface area contributed by atoms with E-state index in [1.165, 1.54) is 128 Å². The van der Waals surface area contributed by atoms with Crippen LogP contribution in [0.2, 0.25) is 0 Å². The van der Waals surface area contributed by atoms with Crippen molar-refractivity contribution in [2.75, 3.05) is 33.9 Å². The number of nitrogens with zero attached hydrogens (tertiary/aromatic N) is 1. The molecule has 0 radical (unpaired) electrons. The van der Waals surface area contributed by atoms with E-state index in [4.69, 9.17) is 14.2 Å². The summed E-state index contributed by atoms with van der Waals surface area (Å²) in [6.07, 6.45) is 48.5. The van der Waals surface area contributed by atoms with Crippen LogP contribution in [-0.2, 0) is 16.1 Å². The van der Waals surface area contributed by atoms with Crippen LogP contribution in [0.4, 0.5) is 0 Å². The third kappa shape index (κ3) is 30.5. The van der Waals surface area contributed by atoms with Crippen LogP contribution in [0.5, 0.6) is 11.5 Å². The Labute approximate surface area is 334 Å². The van der Waals surface area contributed by atoms with Crippen molar-refractivity contribution in [3.05, 3.63) is 71.9 Å². The van der Waals surface area contributed by atoms with Crippen LogP contribution in [0.3, 0.4) is 0 Å². The zero-order chi connectivity index (χ0) is 39.2. The molecule has 0 aliphatic carbocycles. The molecule has 0 saturated heterocycles. The molecule has 0 spiro atoms. The van der Waals surface area contributed by atoms with Crippen LogP contribution in [-0.4, -0.2) is 44.7 Å². The molecule has 0 N–H and O–H groups in total. The molecular formula is C49H83NO4. The van der Waals surface area contributed by atoms with E-state index in [1.54, 1.807) is 0 Å². The summed E-state index contributed by atoms with van der Waals surface area (Å²) >= 11 is 0. The van der Waals surface area contributed by atoms with Gasteiger partial charge in [-0.3, -0.25) is 4.79 Å². The Morgan fingerprint density at radius 1 is 0.556 bits per heavy atom. The average molecular weight is 750 g/mol. The number of rotatable bonds is 37. The van der Waals surface area contributed by atoms with Gasteiger partial charge in [-0.05, 0) is 116 Å². The van der Waals surface area contributed by atoms with Crippen molar-refractivity contribution in [3.63, 3.8) is 0 Å². The first kappa shape index (κ1) is 49.2. The second-order valence-corrected chi connectivity index (χ2v) is 15.3. The molecule has 5 nitrogen and oxygen atoms in total. The van der Waals surface area contributed by atoms with E-state index in [2.05, 4.69) is 69.4 Å². The molecule has 0 unspecified atom stereocenters. The zero-order valence-electron chi connectivity index (χ0n) is 35.9. The fourth-order valence-corrected chi connectivity index (χ4v) is 6.20. The van der Waals surface area contributed by atoms with Crippen molar-refractivity contribution in [2.45, 2.75) is 188 Å². The fourth-order valence-electron chi connectivity index (χ4n) is 6.20. The zero-order valence-corrected chi connectivity index (χ0v) is 35.9. The van der Waals surface area contributed by atoms with Gasteiger partial charge in [0.25, 0.3) is 0 Å². The Bertz CT molecular complexity index is 1060. The summed E-state index contributed by atoms with van der Waals surface area (Å²) in [5.74, 6) is 1.50. The number of benzene rings is 1. The molecule has 0 aromatic heterocycles. The van der Waals surface area contributed by atoms with Crippen molar-refractivity contribution in [1.29, 1.82) is 0 Å². The van der Waals surface area contributed by atoms with Gasteiger partial charge < -0.3 is 19.1 Å². The Balaban J connectivity index is 2.38. The summed E-state index contributed by atoms with van der Waals surface area (Å²) < 4.78 is 18.2. The summed E-state index contributed by atoms with van der Waals surface area (Å²) in [4.78, 5) is 14.3. The normalized spacial score (nSPS) is 12.0. The first-order chi connectivity index (χ1) is 26.5. The third-order valence-electron chi connectivity index (χ3n) is 9.74. The molecule has 1 aromatic carbocycles. The maximum Gasteiger partial charge on any atom is 0.307 e. The van der Waals surface area contributed by atoms with Gasteiger partial charge in [-0.1, -0.05) is 140 Å². The van der Waals surface area contributed by atoms with Crippen molar-refractivity contribution in [2.24, 2.45) is 0 Å². The number of carbonyl (C=O) groups is 1. The van der Waals surface area contributed by atoms with Gasteiger partial charge in [0.1, 0.15) is 18.1 Å². The number of ether oxygens (including phenoxy) is 3. The summed E-state index contributed by atoms with van der Waals surface area (Å²) in [6.45, 7) is 8.87. The molecule has 1 rings (SSSR count). The highest BCUT2D eigenvalue weighted by Crippen LogP contribution is 2.31. The smallest absolute Gasteiger partial charge is 0.307 e. The molecule has 308 valence electrons. The largest absolute Gasteiger partial charge is 0.493 e. The van der Waals surface area contributed by atoms with Gasteiger partial charge in [-0.25, -0.2) is 0 Å². The number of hydrogen-bond donors (Lipinski definition) is 0. The quantitative estimate of drug-likeness (QED) is 0.0385. The molecule has 0 heterocycles. The van der Waals surface area contributed by atoms with E-state index in [9.17, 15) is 4.79 Å². The molecular weight excluding hydrogens is 667 g/mol. The monoisotopic (exact) mass is 750 g/mol. The maximum absolute atomic E-state index is 12.3. The van der Waals surface area contributed by atoms with Crippen LogP contribution < -0.4 is 9.47 Å². The number of carbonyl (C=O) groups excluding carboxylic acids is 1. The van der Waals surface area contributed by atoms with Crippen molar-refractivity contribution < 1.29 is 19.0 Å². The van der Waals surface area contributed by atoms with E-state index in [0.717, 1.165) is 48.3 Å². The minimum absolute atomic E-state index is 0.183. The highest BCUT2D eigenvalue weighted by molar-refractivity contribution is 5.69. The van der Waals surface area contributed by atoms with Crippen LogP contribution >= 0.6 is 0 Å². The Morgan fingerprint density at radius 2 is 0.944 bits per heavy atom. The predicted octanol–water partition coefficient (Wildman–Crippen LogP) is 14.4. The lowest BCUT2D eigenvalue weighted by molar-refractivity contribution is -0.145. The fraction of sp³-hybridized carbons (Fsp3) is 0.694. The Hall–Kier alpha value is -2.79. The van der Waals surface area contributed by atoms with Crippen LogP contribution in [0.1, 0.15) is 185 Å². The summed E-state index contributed by atoms with van der Waals surface area (Å²) in [5.41, 5.74) is 1.94. The minimum atomic E-state index is -0.183. The van der Waals surface area contributed by atoms with E-state index < -0.39 is 0 Å². The van der Waals surface area contributed by atoms with Crippen molar-refractivity contribution in [1.82, 2.24) is 4.90 Å².